The Morgan fingerprint density at radius 3 is 2.64 bits per heavy atom. The number of halogens is 4. The summed E-state index contributed by atoms with van der Waals surface area (Å²) in [7, 11) is 0. The topological polar surface area (TPSA) is 67.2 Å². The van der Waals surface area contributed by atoms with Gasteiger partial charge in [0.15, 0.2) is 5.82 Å². The van der Waals surface area contributed by atoms with E-state index < -0.39 is 12.0 Å². The van der Waals surface area contributed by atoms with Gasteiger partial charge in [0, 0.05) is 43.7 Å². The fourth-order valence-corrected chi connectivity index (χ4v) is 5.94. The van der Waals surface area contributed by atoms with Crippen molar-refractivity contribution in [2.75, 3.05) is 24.5 Å². The van der Waals surface area contributed by atoms with Gasteiger partial charge in [-0.2, -0.15) is 13.2 Å². The standard InChI is InChI=1S/C25H26ClF3N6O/c1-14-12-33(22-18-5-4-16(15-2-3-15)10-20(18)30-11-19(22)26)7-6-17(14)23(36)34-8-9-35-21(13-34)31-32-24(35)25(27,28)29/h4-5,10-11,14-15,17H,2-3,6-9,12-13H2,1H3/t14-,17+/m1/s1. The number of hydrogen-bond donors (Lipinski definition) is 0. The van der Waals surface area contributed by atoms with Gasteiger partial charge in [-0.15, -0.1) is 10.2 Å². The molecule has 4 heterocycles. The Kier molecular flexibility index (Phi) is 5.62. The summed E-state index contributed by atoms with van der Waals surface area (Å²) in [5, 5.41) is 8.62. The molecular formula is C25H26ClF3N6O. The van der Waals surface area contributed by atoms with Crippen molar-refractivity contribution < 1.29 is 18.0 Å². The smallest absolute Gasteiger partial charge is 0.369 e. The first-order valence-electron chi connectivity index (χ1n) is 12.3. The van der Waals surface area contributed by atoms with Crippen molar-refractivity contribution in [2.24, 2.45) is 11.8 Å². The van der Waals surface area contributed by atoms with E-state index in [-0.39, 0.29) is 43.2 Å². The highest BCUT2D eigenvalue weighted by molar-refractivity contribution is 6.34. The van der Waals surface area contributed by atoms with Crippen molar-refractivity contribution in [3.8, 4) is 0 Å². The van der Waals surface area contributed by atoms with Crippen LogP contribution in [0.4, 0.5) is 18.9 Å². The van der Waals surface area contributed by atoms with E-state index in [1.54, 1.807) is 11.1 Å². The molecule has 1 saturated carbocycles. The summed E-state index contributed by atoms with van der Waals surface area (Å²) in [6.45, 7) is 3.65. The number of fused-ring (bicyclic) bond motifs is 2. The Morgan fingerprint density at radius 2 is 1.92 bits per heavy atom. The van der Waals surface area contributed by atoms with Gasteiger partial charge in [0.2, 0.25) is 11.7 Å². The average molecular weight is 519 g/mol. The van der Waals surface area contributed by atoms with Gasteiger partial charge in [0.1, 0.15) is 0 Å². The Hall–Kier alpha value is -2.88. The maximum atomic E-state index is 13.4. The molecule has 0 N–H and O–H groups in total. The molecular weight excluding hydrogens is 493 g/mol. The van der Waals surface area contributed by atoms with Crippen molar-refractivity contribution in [2.45, 2.75) is 51.4 Å². The number of hydrogen-bond acceptors (Lipinski definition) is 5. The van der Waals surface area contributed by atoms with E-state index in [0.717, 1.165) is 21.2 Å². The van der Waals surface area contributed by atoms with Gasteiger partial charge in [0.05, 0.1) is 22.8 Å². The zero-order valence-electron chi connectivity index (χ0n) is 19.8. The average Bonchev–Trinajstić information content (AvgIpc) is 3.60. The van der Waals surface area contributed by atoms with Gasteiger partial charge in [0.25, 0.3) is 0 Å². The second-order valence-corrected chi connectivity index (χ2v) is 10.6. The lowest BCUT2D eigenvalue weighted by Crippen LogP contribution is -2.49. The van der Waals surface area contributed by atoms with Crippen molar-refractivity contribution in [1.29, 1.82) is 0 Å². The SMILES string of the molecule is C[C@@H]1CN(c2c(Cl)cnc3cc(C4CC4)ccc23)CC[C@@H]1C(=O)N1CCn2c(nnc2C(F)(F)F)C1. The van der Waals surface area contributed by atoms with Crippen LogP contribution in [0.15, 0.2) is 24.4 Å². The monoisotopic (exact) mass is 518 g/mol. The first-order chi connectivity index (χ1) is 17.2. The number of rotatable bonds is 3. The molecule has 36 heavy (non-hydrogen) atoms. The van der Waals surface area contributed by atoms with Crippen LogP contribution in [0.2, 0.25) is 5.02 Å². The van der Waals surface area contributed by atoms with Crippen molar-refractivity contribution in [1.82, 2.24) is 24.6 Å². The zero-order valence-corrected chi connectivity index (χ0v) is 20.6. The maximum Gasteiger partial charge on any atom is 0.451 e. The molecule has 190 valence electrons. The van der Waals surface area contributed by atoms with Crippen LogP contribution in [-0.4, -0.2) is 50.2 Å². The van der Waals surface area contributed by atoms with Gasteiger partial charge < -0.3 is 14.4 Å². The molecule has 3 aliphatic rings. The fourth-order valence-electron chi connectivity index (χ4n) is 5.67. The van der Waals surface area contributed by atoms with Crippen molar-refractivity contribution in [3.05, 3.63) is 46.6 Å². The highest BCUT2D eigenvalue weighted by Crippen LogP contribution is 2.43. The van der Waals surface area contributed by atoms with E-state index in [1.165, 1.54) is 18.4 Å². The highest BCUT2D eigenvalue weighted by Gasteiger charge is 2.41. The van der Waals surface area contributed by atoms with Gasteiger partial charge in [-0.3, -0.25) is 9.78 Å². The van der Waals surface area contributed by atoms with E-state index in [9.17, 15) is 18.0 Å². The third-order valence-electron chi connectivity index (χ3n) is 7.73. The van der Waals surface area contributed by atoms with Crippen LogP contribution >= 0.6 is 11.6 Å². The zero-order chi connectivity index (χ0) is 25.2. The summed E-state index contributed by atoms with van der Waals surface area (Å²) in [6, 6.07) is 6.44. The molecule has 11 heteroatoms. The second kappa shape index (κ2) is 8.61. The van der Waals surface area contributed by atoms with E-state index in [1.807, 2.05) is 6.92 Å². The number of piperidine rings is 1. The number of anilines is 1. The van der Waals surface area contributed by atoms with Crippen LogP contribution in [-0.2, 0) is 24.1 Å². The molecule has 1 saturated heterocycles. The number of alkyl halides is 3. The predicted molar refractivity (Wildman–Crippen MR) is 129 cm³/mol. The molecule has 0 unspecified atom stereocenters. The van der Waals surface area contributed by atoms with Crippen LogP contribution in [0.3, 0.4) is 0 Å². The minimum absolute atomic E-state index is 0.0373. The van der Waals surface area contributed by atoms with E-state index in [2.05, 4.69) is 38.3 Å². The molecule has 0 radical (unpaired) electrons. The molecule has 0 bridgehead atoms. The van der Waals surface area contributed by atoms with Crippen molar-refractivity contribution >= 4 is 34.1 Å². The number of benzene rings is 1. The molecule has 7 nitrogen and oxygen atoms in total. The lowest BCUT2D eigenvalue weighted by molar-refractivity contribution is -0.148. The van der Waals surface area contributed by atoms with Crippen LogP contribution < -0.4 is 4.90 Å². The molecule has 2 aromatic heterocycles. The Balaban J connectivity index is 1.18. The molecule has 1 amide bonds. The summed E-state index contributed by atoms with van der Waals surface area (Å²) >= 11 is 6.63. The molecule has 2 fully saturated rings. The lowest BCUT2D eigenvalue weighted by Gasteiger charge is -2.40. The molecule has 1 aliphatic carbocycles. The Labute approximate surface area is 211 Å². The Bertz CT molecular complexity index is 1340. The summed E-state index contributed by atoms with van der Waals surface area (Å²) in [4.78, 5) is 21.8. The summed E-state index contributed by atoms with van der Waals surface area (Å²) in [5.74, 6) is -0.400. The third kappa shape index (κ3) is 4.09. The Morgan fingerprint density at radius 1 is 1.11 bits per heavy atom. The van der Waals surface area contributed by atoms with Crippen molar-refractivity contribution in [3.63, 3.8) is 0 Å². The number of nitrogens with zero attached hydrogens (tertiary/aromatic N) is 6. The molecule has 6 rings (SSSR count). The van der Waals surface area contributed by atoms with Gasteiger partial charge in [-0.25, -0.2) is 0 Å². The van der Waals surface area contributed by atoms with Crippen LogP contribution in [0.1, 0.15) is 49.3 Å². The molecule has 2 atom stereocenters. The predicted octanol–water partition coefficient (Wildman–Crippen LogP) is 4.88. The first-order valence-corrected chi connectivity index (χ1v) is 12.7. The van der Waals surface area contributed by atoms with Crippen LogP contribution in [0.5, 0.6) is 0 Å². The minimum Gasteiger partial charge on any atom is -0.369 e. The number of carbonyl (C=O) groups is 1. The van der Waals surface area contributed by atoms with Gasteiger partial charge >= 0.3 is 6.18 Å². The fraction of sp³-hybridized carbons (Fsp3) is 0.520. The molecule has 1 aromatic carbocycles. The second-order valence-electron chi connectivity index (χ2n) is 10.2. The number of pyridine rings is 1. The van der Waals surface area contributed by atoms with E-state index >= 15 is 0 Å². The minimum atomic E-state index is -4.56. The van der Waals surface area contributed by atoms with Gasteiger partial charge in [-0.1, -0.05) is 30.7 Å². The van der Waals surface area contributed by atoms with E-state index in [4.69, 9.17) is 11.6 Å². The van der Waals surface area contributed by atoms with Crippen LogP contribution in [0.25, 0.3) is 10.9 Å². The number of carbonyl (C=O) groups excluding carboxylic acids is 1. The number of aromatic nitrogens is 4. The molecule has 3 aromatic rings. The maximum absolute atomic E-state index is 13.4. The lowest BCUT2D eigenvalue weighted by atomic mass is 9.85. The number of amides is 1. The largest absolute Gasteiger partial charge is 0.451 e. The molecule has 2 aliphatic heterocycles. The third-order valence-corrected chi connectivity index (χ3v) is 8.00. The summed E-state index contributed by atoms with van der Waals surface area (Å²) in [5.41, 5.74) is 3.20. The van der Waals surface area contributed by atoms with Crippen LogP contribution in [0, 0.1) is 11.8 Å². The van der Waals surface area contributed by atoms with E-state index in [0.29, 0.717) is 30.5 Å². The first kappa shape index (κ1) is 23.5. The highest BCUT2D eigenvalue weighted by atomic mass is 35.5. The quantitative estimate of drug-likeness (QED) is 0.494. The summed E-state index contributed by atoms with van der Waals surface area (Å²) in [6.07, 6.45) is 0.235. The summed E-state index contributed by atoms with van der Waals surface area (Å²) < 4.78 is 40.5. The molecule has 0 spiro atoms. The normalized spacial score (nSPS) is 22.7. The van der Waals surface area contributed by atoms with Gasteiger partial charge in [-0.05, 0) is 42.7 Å².